The van der Waals surface area contributed by atoms with Gasteiger partial charge < -0.3 is 4.90 Å². The highest BCUT2D eigenvalue weighted by Crippen LogP contribution is 2.31. The van der Waals surface area contributed by atoms with Crippen LogP contribution in [0.25, 0.3) is 0 Å². The first kappa shape index (κ1) is 16.1. The van der Waals surface area contributed by atoms with Crippen LogP contribution in [0, 0.1) is 0 Å². The van der Waals surface area contributed by atoms with Crippen molar-refractivity contribution in [3.63, 3.8) is 0 Å². The molecule has 5 heteroatoms. The average molecular weight is 335 g/mol. The summed E-state index contributed by atoms with van der Waals surface area (Å²) < 4.78 is 0. The van der Waals surface area contributed by atoms with Gasteiger partial charge >= 0.3 is 0 Å². The van der Waals surface area contributed by atoms with E-state index in [1.807, 2.05) is 65.6 Å². The molecule has 0 unspecified atom stereocenters. The van der Waals surface area contributed by atoms with Crippen molar-refractivity contribution in [2.24, 2.45) is 5.10 Å². The van der Waals surface area contributed by atoms with Crippen molar-refractivity contribution in [1.29, 1.82) is 0 Å². The number of hydrazone groups is 1. The van der Waals surface area contributed by atoms with Crippen LogP contribution >= 0.6 is 12.2 Å². The fourth-order valence-corrected chi connectivity index (χ4v) is 2.94. The lowest BCUT2D eigenvalue weighted by Crippen LogP contribution is -2.30. The third kappa shape index (κ3) is 3.12. The molecule has 1 saturated heterocycles. The fraction of sp³-hybridized carbons (Fsp3) is 0.105. The van der Waals surface area contributed by atoms with E-state index in [9.17, 15) is 4.79 Å². The first-order valence-electron chi connectivity index (χ1n) is 7.62. The quantitative estimate of drug-likeness (QED) is 0.477. The summed E-state index contributed by atoms with van der Waals surface area (Å²) in [5, 5.41) is 5.99. The van der Waals surface area contributed by atoms with Crippen LogP contribution in [0.3, 0.4) is 0 Å². The number of hydrogen-bond donors (Lipinski definition) is 0. The van der Waals surface area contributed by atoms with E-state index < -0.39 is 6.04 Å². The van der Waals surface area contributed by atoms with E-state index in [0.717, 1.165) is 11.1 Å². The molecule has 1 aliphatic heterocycles. The minimum Gasteiger partial charge on any atom is -0.327 e. The van der Waals surface area contributed by atoms with Gasteiger partial charge in [0.25, 0.3) is 5.91 Å². The number of rotatable bonds is 5. The maximum atomic E-state index is 12.9. The molecule has 0 radical (unpaired) electrons. The highest BCUT2D eigenvalue weighted by molar-refractivity contribution is 7.80. The summed E-state index contributed by atoms with van der Waals surface area (Å²) in [6, 6.07) is 18.7. The molecular weight excluding hydrogens is 318 g/mol. The van der Waals surface area contributed by atoms with Crippen LogP contribution in [-0.2, 0) is 4.79 Å². The number of amides is 1. The van der Waals surface area contributed by atoms with Crippen molar-refractivity contribution in [2.75, 3.05) is 6.54 Å². The molecule has 2 aromatic rings. The third-order valence-corrected chi connectivity index (χ3v) is 4.15. The summed E-state index contributed by atoms with van der Waals surface area (Å²) in [5.74, 6) is -0.153. The Morgan fingerprint density at radius 1 is 1.08 bits per heavy atom. The molecule has 0 N–H and O–H groups in total. The zero-order chi connectivity index (χ0) is 16.9. The predicted molar refractivity (Wildman–Crippen MR) is 99.6 cm³/mol. The van der Waals surface area contributed by atoms with Crippen LogP contribution < -0.4 is 0 Å². The van der Waals surface area contributed by atoms with E-state index in [0.29, 0.717) is 11.7 Å². The van der Waals surface area contributed by atoms with Gasteiger partial charge in [0.15, 0.2) is 0 Å². The topological polar surface area (TPSA) is 35.9 Å². The van der Waals surface area contributed by atoms with Crippen LogP contribution in [0.15, 0.2) is 78.4 Å². The van der Waals surface area contributed by atoms with E-state index in [-0.39, 0.29) is 5.91 Å². The summed E-state index contributed by atoms with van der Waals surface area (Å²) in [6.07, 6.45) is 3.38. The molecule has 0 bridgehead atoms. The molecule has 0 aromatic heterocycles. The third-order valence-electron chi connectivity index (χ3n) is 3.74. The zero-order valence-electron chi connectivity index (χ0n) is 13.1. The lowest BCUT2D eigenvalue weighted by molar-refractivity contribution is -0.128. The maximum Gasteiger partial charge on any atom is 0.276 e. The minimum atomic E-state index is -0.468. The molecule has 24 heavy (non-hydrogen) atoms. The molecule has 0 aliphatic carbocycles. The van der Waals surface area contributed by atoms with E-state index in [2.05, 4.69) is 11.7 Å². The number of carbonyl (C=O) groups is 1. The van der Waals surface area contributed by atoms with Gasteiger partial charge in [-0.15, -0.1) is 6.58 Å². The van der Waals surface area contributed by atoms with Crippen molar-refractivity contribution < 1.29 is 4.79 Å². The Morgan fingerprint density at radius 3 is 2.33 bits per heavy atom. The van der Waals surface area contributed by atoms with Crippen molar-refractivity contribution in [1.82, 2.24) is 9.91 Å². The van der Waals surface area contributed by atoms with Crippen LogP contribution in [0.2, 0.25) is 0 Å². The molecule has 120 valence electrons. The highest BCUT2D eigenvalue weighted by atomic mass is 32.1. The summed E-state index contributed by atoms with van der Waals surface area (Å²) >= 11 is 5.47. The van der Waals surface area contributed by atoms with Crippen molar-refractivity contribution >= 4 is 29.5 Å². The van der Waals surface area contributed by atoms with Gasteiger partial charge in [-0.2, -0.15) is 10.1 Å². The van der Waals surface area contributed by atoms with Gasteiger partial charge in [-0.1, -0.05) is 66.7 Å². The van der Waals surface area contributed by atoms with E-state index in [4.69, 9.17) is 12.2 Å². The first-order valence-corrected chi connectivity index (χ1v) is 8.02. The molecule has 1 amide bonds. The predicted octanol–water partition coefficient (Wildman–Crippen LogP) is 3.38. The number of carbonyl (C=O) groups excluding carboxylic acids is 1. The van der Waals surface area contributed by atoms with Gasteiger partial charge in [0.1, 0.15) is 6.04 Å². The van der Waals surface area contributed by atoms with Crippen molar-refractivity contribution in [2.45, 2.75) is 6.04 Å². The van der Waals surface area contributed by atoms with Gasteiger partial charge in [-0.05, 0) is 23.3 Å². The second-order valence-corrected chi connectivity index (χ2v) is 5.71. The Kier molecular flexibility index (Phi) is 4.82. The summed E-state index contributed by atoms with van der Waals surface area (Å²) in [5.41, 5.74) is 1.80. The summed E-state index contributed by atoms with van der Waals surface area (Å²) in [7, 11) is 0. The molecule has 1 heterocycles. The van der Waals surface area contributed by atoms with Crippen LogP contribution in [0.5, 0.6) is 0 Å². The Labute approximate surface area is 146 Å². The van der Waals surface area contributed by atoms with Gasteiger partial charge in [0, 0.05) is 6.54 Å². The van der Waals surface area contributed by atoms with E-state index in [1.54, 1.807) is 12.3 Å². The number of thiocarbonyl (C=S) groups is 1. The second-order valence-electron chi connectivity index (χ2n) is 5.34. The Balaban J connectivity index is 1.91. The monoisotopic (exact) mass is 335 g/mol. The van der Waals surface area contributed by atoms with Crippen molar-refractivity contribution in [3.8, 4) is 0 Å². The van der Waals surface area contributed by atoms with Gasteiger partial charge in [0.05, 0.1) is 6.21 Å². The van der Waals surface area contributed by atoms with Gasteiger partial charge in [-0.3, -0.25) is 4.79 Å². The van der Waals surface area contributed by atoms with E-state index in [1.165, 1.54) is 5.01 Å². The smallest absolute Gasteiger partial charge is 0.276 e. The van der Waals surface area contributed by atoms with Crippen molar-refractivity contribution in [3.05, 3.63) is 84.4 Å². The van der Waals surface area contributed by atoms with Crippen LogP contribution in [0.1, 0.15) is 17.2 Å². The number of nitrogens with zero attached hydrogens (tertiary/aromatic N) is 3. The second kappa shape index (κ2) is 7.19. The van der Waals surface area contributed by atoms with Gasteiger partial charge in [0.2, 0.25) is 5.11 Å². The van der Waals surface area contributed by atoms with Crippen LogP contribution in [0.4, 0.5) is 0 Å². The first-order chi connectivity index (χ1) is 11.7. The zero-order valence-corrected chi connectivity index (χ0v) is 13.9. The molecule has 4 nitrogen and oxygen atoms in total. The number of hydrogen-bond acceptors (Lipinski definition) is 3. The molecular formula is C19H17N3OS. The Hall–Kier alpha value is -2.79. The van der Waals surface area contributed by atoms with E-state index >= 15 is 0 Å². The lowest BCUT2D eigenvalue weighted by atomic mass is 10.1. The molecule has 0 spiro atoms. The minimum absolute atomic E-state index is 0.153. The SMILES string of the molecule is C=CCN1C(=S)N(/N=C\c2ccccc2)C(=O)[C@H]1c1ccccc1. The Morgan fingerprint density at radius 2 is 1.71 bits per heavy atom. The summed E-state index contributed by atoms with van der Waals surface area (Å²) in [6.45, 7) is 4.25. The molecule has 0 saturated carbocycles. The maximum absolute atomic E-state index is 12.9. The fourth-order valence-electron chi connectivity index (χ4n) is 2.63. The molecule has 1 atom stereocenters. The lowest BCUT2D eigenvalue weighted by Gasteiger charge is -2.21. The normalized spacial score (nSPS) is 17.8. The molecule has 3 rings (SSSR count). The largest absolute Gasteiger partial charge is 0.327 e. The number of benzene rings is 2. The standard InChI is InChI=1S/C19H17N3OS/c1-2-13-21-17(16-11-7-4-8-12-16)18(23)22(19(21)24)20-14-15-9-5-3-6-10-15/h2-12,14,17H,1,13H2/b20-14-/t17-/m1/s1. The summed E-state index contributed by atoms with van der Waals surface area (Å²) in [4.78, 5) is 14.7. The molecule has 2 aromatic carbocycles. The Bertz CT molecular complexity index is 774. The highest BCUT2D eigenvalue weighted by Gasteiger charge is 2.42. The molecule has 1 aliphatic rings. The van der Waals surface area contributed by atoms with Crippen LogP contribution in [-0.4, -0.2) is 33.7 Å². The van der Waals surface area contributed by atoms with Gasteiger partial charge in [-0.25, -0.2) is 0 Å². The molecule has 1 fully saturated rings. The average Bonchev–Trinajstić information content (AvgIpc) is 2.85.